The van der Waals surface area contributed by atoms with Crippen molar-refractivity contribution in [2.75, 3.05) is 6.54 Å². The van der Waals surface area contributed by atoms with Gasteiger partial charge in [0.05, 0.1) is 0 Å². The molecule has 1 saturated heterocycles. The summed E-state index contributed by atoms with van der Waals surface area (Å²) in [5.41, 5.74) is 0.272. The highest BCUT2D eigenvalue weighted by molar-refractivity contribution is 5.75. The Balaban J connectivity index is 2.13. The van der Waals surface area contributed by atoms with E-state index in [0.29, 0.717) is 11.8 Å². The van der Waals surface area contributed by atoms with Crippen molar-refractivity contribution >= 4 is 5.97 Å². The summed E-state index contributed by atoms with van der Waals surface area (Å²) in [6, 6.07) is -0.282. The van der Waals surface area contributed by atoms with Gasteiger partial charge in [-0.3, -0.25) is 4.79 Å². The first-order valence-corrected chi connectivity index (χ1v) is 4.01. The van der Waals surface area contributed by atoms with E-state index in [9.17, 15) is 4.79 Å². The molecule has 2 rings (SSSR count). The van der Waals surface area contributed by atoms with Gasteiger partial charge < -0.3 is 10.4 Å². The normalized spacial score (nSPS) is 45.1. The largest absolute Gasteiger partial charge is 0.480 e. The lowest BCUT2D eigenvalue weighted by molar-refractivity contribution is -0.139. The summed E-state index contributed by atoms with van der Waals surface area (Å²) in [5, 5.41) is 11.8. The summed E-state index contributed by atoms with van der Waals surface area (Å²) in [7, 11) is 0. The predicted octanol–water partition coefficient (Wildman–Crippen LogP) is 0.315. The Kier molecular flexibility index (Phi) is 1.15. The van der Waals surface area contributed by atoms with Crippen molar-refractivity contribution in [3.63, 3.8) is 0 Å². The Bertz CT molecular complexity index is 212. The molecule has 2 N–H and O–H groups in total. The average Bonchev–Trinajstić information content (AvgIpc) is 2.34. The molecule has 0 aromatic carbocycles. The van der Waals surface area contributed by atoms with Crippen molar-refractivity contribution in [2.24, 2.45) is 17.3 Å². The maximum Gasteiger partial charge on any atom is 0.321 e. The summed E-state index contributed by atoms with van der Waals surface area (Å²) in [4.78, 5) is 10.7. The SMILES string of the molecule is CC1(C)[C@H]2[C@@H](C(=O)O)NC[C@H]21. The number of aliphatic carboxylic acids is 1. The predicted molar refractivity (Wildman–Crippen MR) is 40.2 cm³/mol. The molecule has 3 nitrogen and oxygen atoms in total. The van der Waals surface area contributed by atoms with Crippen LogP contribution in [0.3, 0.4) is 0 Å². The minimum atomic E-state index is -0.692. The van der Waals surface area contributed by atoms with Crippen molar-refractivity contribution in [2.45, 2.75) is 19.9 Å². The second-order valence-electron chi connectivity index (χ2n) is 4.18. The molecule has 0 bridgehead atoms. The van der Waals surface area contributed by atoms with Crippen molar-refractivity contribution in [3.8, 4) is 0 Å². The third kappa shape index (κ3) is 0.745. The molecule has 0 amide bonds. The Morgan fingerprint density at radius 1 is 1.64 bits per heavy atom. The second kappa shape index (κ2) is 1.78. The topological polar surface area (TPSA) is 49.3 Å². The Hall–Kier alpha value is -0.570. The van der Waals surface area contributed by atoms with E-state index in [4.69, 9.17) is 5.11 Å². The summed E-state index contributed by atoms with van der Waals surface area (Å²) in [6.07, 6.45) is 0. The number of piperidine rings is 1. The molecule has 0 radical (unpaired) electrons. The van der Waals surface area contributed by atoms with Gasteiger partial charge in [-0.2, -0.15) is 0 Å². The van der Waals surface area contributed by atoms with Gasteiger partial charge in [0.15, 0.2) is 0 Å². The van der Waals surface area contributed by atoms with Crippen LogP contribution in [0.1, 0.15) is 13.8 Å². The molecule has 1 aliphatic carbocycles. The van der Waals surface area contributed by atoms with Gasteiger partial charge in [-0.25, -0.2) is 0 Å². The Morgan fingerprint density at radius 2 is 2.27 bits per heavy atom. The molecule has 0 aromatic heterocycles. The number of carboxylic acids is 1. The second-order valence-corrected chi connectivity index (χ2v) is 4.18. The molecule has 3 atom stereocenters. The summed E-state index contributed by atoms with van der Waals surface area (Å²) in [6.45, 7) is 5.19. The van der Waals surface area contributed by atoms with Crippen LogP contribution >= 0.6 is 0 Å². The number of hydrogen-bond donors (Lipinski definition) is 2. The number of nitrogens with one attached hydrogen (secondary N) is 1. The highest BCUT2D eigenvalue weighted by atomic mass is 16.4. The molecule has 1 heterocycles. The first-order chi connectivity index (χ1) is 5.05. The highest BCUT2D eigenvalue weighted by Crippen LogP contribution is 2.62. The molecule has 0 aromatic rings. The van der Waals surface area contributed by atoms with Crippen LogP contribution in [0.25, 0.3) is 0 Å². The smallest absolute Gasteiger partial charge is 0.321 e. The van der Waals surface area contributed by atoms with E-state index in [2.05, 4.69) is 19.2 Å². The van der Waals surface area contributed by atoms with Crippen LogP contribution in [-0.4, -0.2) is 23.7 Å². The minimum Gasteiger partial charge on any atom is -0.480 e. The van der Waals surface area contributed by atoms with E-state index < -0.39 is 5.97 Å². The molecule has 1 aliphatic heterocycles. The lowest BCUT2D eigenvalue weighted by Crippen LogP contribution is -2.37. The van der Waals surface area contributed by atoms with Gasteiger partial charge in [0.25, 0.3) is 0 Å². The van der Waals surface area contributed by atoms with Gasteiger partial charge >= 0.3 is 5.97 Å². The van der Waals surface area contributed by atoms with Crippen LogP contribution < -0.4 is 5.32 Å². The van der Waals surface area contributed by atoms with E-state index in [1.165, 1.54) is 0 Å². The van der Waals surface area contributed by atoms with E-state index in [1.54, 1.807) is 0 Å². The molecule has 0 spiro atoms. The van der Waals surface area contributed by atoms with Crippen molar-refractivity contribution in [3.05, 3.63) is 0 Å². The van der Waals surface area contributed by atoms with E-state index >= 15 is 0 Å². The van der Waals surface area contributed by atoms with Gasteiger partial charge in [0.1, 0.15) is 6.04 Å². The number of hydrogen-bond acceptors (Lipinski definition) is 2. The van der Waals surface area contributed by atoms with Gasteiger partial charge in [-0.05, 0) is 23.8 Å². The van der Waals surface area contributed by atoms with Gasteiger partial charge in [-0.1, -0.05) is 13.8 Å². The van der Waals surface area contributed by atoms with Gasteiger partial charge in [0.2, 0.25) is 0 Å². The number of fused-ring (bicyclic) bond motifs is 1. The van der Waals surface area contributed by atoms with E-state index in [-0.39, 0.29) is 11.5 Å². The third-order valence-electron chi connectivity index (χ3n) is 3.32. The summed E-state index contributed by atoms with van der Waals surface area (Å²) >= 11 is 0. The van der Waals surface area contributed by atoms with Gasteiger partial charge in [0, 0.05) is 0 Å². The molecular formula is C8H13NO2. The summed E-state index contributed by atoms with van der Waals surface area (Å²) in [5.74, 6) is 0.284. The van der Waals surface area contributed by atoms with Crippen LogP contribution in [0.5, 0.6) is 0 Å². The quantitative estimate of drug-likeness (QED) is 0.573. The number of carbonyl (C=O) groups is 1. The molecular weight excluding hydrogens is 142 g/mol. The number of carboxylic acid groups (broad SMARTS) is 1. The lowest BCUT2D eigenvalue weighted by atomic mass is 10.0. The Labute approximate surface area is 65.8 Å². The molecule has 2 fully saturated rings. The fourth-order valence-corrected chi connectivity index (χ4v) is 2.46. The zero-order valence-corrected chi connectivity index (χ0v) is 6.79. The standard InChI is InChI=1S/C8H13NO2/c1-8(2)4-3-9-6(5(4)8)7(10)11/h4-6,9H,3H2,1-2H3,(H,10,11)/t4-,5-,6+/m1/s1. The zero-order valence-electron chi connectivity index (χ0n) is 6.79. The summed E-state index contributed by atoms with van der Waals surface area (Å²) < 4.78 is 0. The molecule has 0 unspecified atom stereocenters. The molecule has 2 aliphatic rings. The van der Waals surface area contributed by atoms with E-state index in [0.717, 1.165) is 6.54 Å². The maximum absolute atomic E-state index is 10.7. The highest BCUT2D eigenvalue weighted by Gasteiger charge is 2.65. The van der Waals surface area contributed by atoms with Gasteiger partial charge in [-0.15, -0.1) is 0 Å². The maximum atomic E-state index is 10.7. The van der Waals surface area contributed by atoms with Crippen molar-refractivity contribution in [1.29, 1.82) is 0 Å². The number of rotatable bonds is 1. The van der Waals surface area contributed by atoms with Crippen LogP contribution in [0.4, 0.5) is 0 Å². The van der Waals surface area contributed by atoms with Crippen LogP contribution in [0.2, 0.25) is 0 Å². The van der Waals surface area contributed by atoms with Crippen molar-refractivity contribution in [1.82, 2.24) is 5.32 Å². The van der Waals surface area contributed by atoms with E-state index in [1.807, 2.05) is 0 Å². The molecule has 62 valence electrons. The van der Waals surface area contributed by atoms with Crippen LogP contribution in [-0.2, 0) is 4.79 Å². The van der Waals surface area contributed by atoms with Crippen LogP contribution in [0, 0.1) is 17.3 Å². The monoisotopic (exact) mass is 155 g/mol. The molecule has 1 saturated carbocycles. The molecule has 11 heavy (non-hydrogen) atoms. The fraction of sp³-hybridized carbons (Fsp3) is 0.875. The first kappa shape index (κ1) is 7.10. The zero-order chi connectivity index (χ0) is 8.22. The van der Waals surface area contributed by atoms with Crippen molar-refractivity contribution < 1.29 is 9.90 Å². The lowest BCUT2D eigenvalue weighted by Gasteiger charge is -2.14. The average molecular weight is 155 g/mol. The van der Waals surface area contributed by atoms with Crippen LogP contribution in [0.15, 0.2) is 0 Å². The fourth-order valence-electron chi connectivity index (χ4n) is 2.46. The third-order valence-corrected chi connectivity index (χ3v) is 3.32. The minimum absolute atomic E-state index is 0.272. The first-order valence-electron chi connectivity index (χ1n) is 4.01. The Morgan fingerprint density at radius 3 is 2.55 bits per heavy atom. The molecule has 3 heteroatoms.